The Balaban J connectivity index is 1.94. The Morgan fingerprint density at radius 2 is 2.43 bits per heavy atom. The second kappa shape index (κ2) is 7.12. The number of hydrogen-bond donors (Lipinski definition) is 1. The molecule has 0 saturated carbocycles. The molecule has 1 heterocycles. The number of ether oxygens (including phenoxy) is 1. The lowest BCUT2D eigenvalue weighted by atomic mass is 10.1. The van der Waals surface area contributed by atoms with E-state index in [4.69, 9.17) is 0 Å². The van der Waals surface area contributed by atoms with Gasteiger partial charge in [-0.2, -0.15) is 11.8 Å². The van der Waals surface area contributed by atoms with E-state index in [-0.39, 0.29) is 5.97 Å². The van der Waals surface area contributed by atoms with Crippen molar-refractivity contribution < 1.29 is 9.53 Å². The van der Waals surface area contributed by atoms with Gasteiger partial charge < -0.3 is 10.1 Å². The highest BCUT2D eigenvalue weighted by atomic mass is 32.2. The summed E-state index contributed by atoms with van der Waals surface area (Å²) >= 11 is 1.84. The highest BCUT2D eigenvalue weighted by Crippen LogP contribution is 2.13. The predicted octanol–water partition coefficient (Wildman–Crippen LogP) is 1.42. The lowest BCUT2D eigenvalue weighted by Gasteiger charge is -2.22. The standard InChI is InChI=1S/C10H19NO2S/c1-13-10(12)5-7-14-8-9-4-2-3-6-11-9/h9,11H,2-8H2,1H3/t9-/m0/s1. The Morgan fingerprint density at radius 1 is 1.57 bits per heavy atom. The summed E-state index contributed by atoms with van der Waals surface area (Å²) in [5.41, 5.74) is 0. The van der Waals surface area contributed by atoms with Gasteiger partial charge in [-0.3, -0.25) is 4.79 Å². The first-order valence-corrected chi connectivity index (χ1v) is 6.36. The van der Waals surface area contributed by atoms with Crippen molar-refractivity contribution in [2.24, 2.45) is 0 Å². The molecule has 3 nitrogen and oxygen atoms in total. The van der Waals surface area contributed by atoms with Gasteiger partial charge in [0.15, 0.2) is 0 Å². The normalized spacial score (nSPS) is 21.9. The average Bonchev–Trinajstić information content (AvgIpc) is 2.25. The SMILES string of the molecule is COC(=O)CCSC[C@@H]1CCCCN1. The molecular formula is C10H19NO2S. The monoisotopic (exact) mass is 217 g/mol. The fourth-order valence-corrected chi connectivity index (χ4v) is 2.60. The largest absolute Gasteiger partial charge is 0.469 e. The van der Waals surface area contributed by atoms with Gasteiger partial charge in [-0.15, -0.1) is 0 Å². The maximum absolute atomic E-state index is 10.8. The van der Waals surface area contributed by atoms with Gasteiger partial charge in [0, 0.05) is 17.5 Å². The third-order valence-electron chi connectivity index (χ3n) is 2.41. The molecule has 0 aliphatic carbocycles. The molecule has 1 aliphatic heterocycles. The summed E-state index contributed by atoms with van der Waals surface area (Å²) in [7, 11) is 1.44. The molecule has 82 valence electrons. The summed E-state index contributed by atoms with van der Waals surface area (Å²) in [5.74, 6) is 1.90. The van der Waals surface area contributed by atoms with E-state index in [1.165, 1.54) is 26.4 Å². The van der Waals surface area contributed by atoms with Crippen LogP contribution in [0.4, 0.5) is 0 Å². The van der Waals surface area contributed by atoms with Crippen LogP contribution in [-0.2, 0) is 9.53 Å². The number of nitrogens with one attached hydrogen (secondary N) is 1. The molecule has 1 atom stereocenters. The minimum Gasteiger partial charge on any atom is -0.469 e. The van der Waals surface area contributed by atoms with Crippen molar-refractivity contribution in [3.63, 3.8) is 0 Å². The van der Waals surface area contributed by atoms with E-state index in [0.717, 1.165) is 18.1 Å². The smallest absolute Gasteiger partial charge is 0.306 e. The maximum Gasteiger partial charge on any atom is 0.306 e. The van der Waals surface area contributed by atoms with Gasteiger partial charge >= 0.3 is 5.97 Å². The molecule has 0 unspecified atom stereocenters. The Labute approximate surface area is 90.0 Å². The zero-order valence-corrected chi connectivity index (χ0v) is 9.57. The first-order chi connectivity index (χ1) is 6.83. The quantitative estimate of drug-likeness (QED) is 0.558. The zero-order chi connectivity index (χ0) is 10.2. The van der Waals surface area contributed by atoms with E-state index < -0.39 is 0 Å². The minimum atomic E-state index is -0.103. The topological polar surface area (TPSA) is 38.3 Å². The molecule has 1 rings (SSSR count). The molecule has 0 radical (unpaired) electrons. The van der Waals surface area contributed by atoms with E-state index in [2.05, 4.69) is 10.1 Å². The number of thioether (sulfide) groups is 1. The molecule has 0 aromatic carbocycles. The molecule has 4 heteroatoms. The number of carbonyl (C=O) groups excluding carboxylic acids is 1. The highest BCUT2D eigenvalue weighted by Gasteiger charge is 2.12. The second-order valence-corrected chi connectivity index (χ2v) is 4.70. The summed E-state index contributed by atoms with van der Waals surface area (Å²) in [6.45, 7) is 1.15. The zero-order valence-electron chi connectivity index (χ0n) is 8.75. The van der Waals surface area contributed by atoms with E-state index in [0.29, 0.717) is 12.5 Å². The van der Waals surface area contributed by atoms with Crippen LogP contribution in [0.25, 0.3) is 0 Å². The fourth-order valence-electron chi connectivity index (χ4n) is 1.55. The predicted molar refractivity (Wildman–Crippen MR) is 59.6 cm³/mol. The number of piperidine rings is 1. The molecule has 0 aromatic rings. The summed E-state index contributed by atoms with van der Waals surface area (Å²) < 4.78 is 4.57. The van der Waals surface area contributed by atoms with Crippen molar-refractivity contribution in [1.29, 1.82) is 0 Å². The van der Waals surface area contributed by atoms with Crippen LogP contribution in [0.1, 0.15) is 25.7 Å². The minimum absolute atomic E-state index is 0.103. The van der Waals surface area contributed by atoms with Crippen LogP contribution in [0.15, 0.2) is 0 Å². The maximum atomic E-state index is 10.8. The fraction of sp³-hybridized carbons (Fsp3) is 0.900. The van der Waals surface area contributed by atoms with Crippen LogP contribution < -0.4 is 5.32 Å². The average molecular weight is 217 g/mol. The van der Waals surface area contributed by atoms with Gasteiger partial charge in [0.25, 0.3) is 0 Å². The van der Waals surface area contributed by atoms with Crippen molar-refractivity contribution in [3.8, 4) is 0 Å². The first kappa shape index (κ1) is 11.9. The van der Waals surface area contributed by atoms with E-state index in [1.54, 1.807) is 0 Å². The number of carbonyl (C=O) groups is 1. The molecule has 1 fully saturated rings. The number of methoxy groups -OCH3 is 1. The van der Waals surface area contributed by atoms with Crippen LogP contribution in [-0.4, -0.2) is 37.2 Å². The van der Waals surface area contributed by atoms with E-state index >= 15 is 0 Å². The van der Waals surface area contributed by atoms with Gasteiger partial charge in [-0.05, 0) is 19.4 Å². The van der Waals surface area contributed by atoms with Crippen LogP contribution in [0, 0.1) is 0 Å². The van der Waals surface area contributed by atoms with Crippen LogP contribution >= 0.6 is 11.8 Å². The summed E-state index contributed by atoms with van der Waals surface area (Å²) in [6.07, 6.45) is 4.47. The van der Waals surface area contributed by atoms with Crippen molar-refractivity contribution in [2.75, 3.05) is 25.2 Å². The molecule has 0 spiro atoms. The first-order valence-electron chi connectivity index (χ1n) is 5.21. The van der Waals surface area contributed by atoms with Gasteiger partial charge in [-0.25, -0.2) is 0 Å². The molecule has 14 heavy (non-hydrogen) atoms. The summed E-state index contributed by atoms with van der Waals surface area (Å²) in [6, 6.07) is 0.659. The second-order valence-electron chi connectivity index (χ2n) is 3.55. The van der Waals surface area contributed by atoms with Crippen molar-refractivity contribution in [3.05, 3.63) is 0 Å². The van der Waals surface area contributed by atoms with Gasteiger partial charge in [0.2, 0.25) is 0 Å². The van der Waals surface area contributed by atoms with Gasteiger partial charge in [0.1, 0.15) is 0 Å². The molecule has 1 N–H and O–H groups in total. The Kier molecular flexibility index (Phi) is 6.03. The lowest BCUT2D eigenvalue weighted by molar-refractivity contribution is -0.140. The third kappa shape index (κ3) is 4.86. The lowest BCUT2D eigenvalue weighted by Crippen LogP contribution is -2.35. The molecule has 1 saturated heterocycles. The Hall–Kier alpha value is -0.220. The third-order valence-corrected chi connectivity index (χ3v) is 3.54. The van der Waals surface area contributed by atoms with Crippen LogP contribution in [0.5, 0.6) is 0 Å². The van der Waals surface area contributed by atoms with E-state index in [9.17, 15) is 4.79 Å². The number of esters is 1. The number of hydrogen-bond acceptors (Lipinski definition) is 4. The van der Waals surface area contributed by atoms with Crippen LogP contribution in [0.3, 0.4) is 0 Å². The highest BCUT2D eigenvalue weighted by molar-refractivity contribution is 7.99. The Bertz CT molecular complexity index is 170. The Morgan fingerprint density at radius 3 is 3.07 bits per heavy atom. The summed E-state index contributed by atoms with van der Waals surface area (Å²) in [4.78, 5) is 10.8. The van der Waals surface area contributed by atoms with Crippen molar-refractivity contribution >= 4 is 17.7 Å². The van der Waals surface area contributed by atoms with Gasteiger partial charge in [0.05, 0.1) is 13.5 Å². The molecular weight excluding hydrogens is 198 g/mol. The van der Waals surface area contributed by atoms with Crippen molar-refractivity contribution in [2.45, 2.75) is 31.7 Å². The van der Waals surface area contributed by atoms with Gasteiger partial charge in [-0.1, -0.05) is 6.42 Å². The van der Waals surface area contributed by atoms with Crippen molar-refractivity contribution in [1.82, 2.24) is 5.32 Å². The molecule has 0 bridgehead atoms. The molecule has 1 aliphatic rings. The molecule has 0 amide bonds. The molecule has 0 aromatic heterocycles. The van der Waals surface area contributed by atoms with E-state index in [1.807, 2.05) is 11.8 Å². The number of rotatable bonds is 5. The summed E-state index contributed by atoms with van der Waals surface area (Å²) in [5, 5.41) is 3.48. The van der Waals surface area contributed by atoms with Crippen LogP contribution in [0.2, 0.25) is 0 Å².